The molecule has 0 aromatic heterocycles. The van der Waals surface area contributed by atoms with Crippen LogP contribution in [0.25, 0.3) is 0 Å². The molecule has 23 heteroatoms. The van der Waals surface area contributed by atoms with Crippen LogP contribution in [0, 0.1) is 17.8 Å². The van der Waals surface area contributed by atoms with Crippen molar-refractivity contribution in [2.45, 2.75) is 122 Å². The van der Waals surface area contributed by atoms with E-state index in [1.165, 1.54) is 28.4 Å². The Morgan fingerprint density at radius 1 is 0.677 bits per heavy atom. The van der Waals surface area contributed by atoms with Crippen molar-refractivity contribution in [3.8, 4) is 0 Å². The van der Waals surface area contributed by atoms with E-state index in [4.69, 9.17) is 5.73 Å². The van der Waals surface area contributed by atoms with Gasteiger partial charge in [-0.2, -0.15) is 48.8 Å². The quantitative estimate of drug-likeness (QED) is 0.0427. The van der Waals surface area contributed by atoms with Crippen LogP contribution in [-0.4, -0.2) is 160 Å². The fourth-order valence-corrected chi connectivity index (χ4v) is 7.75. The predicted octanol–water partition coefficient (Wildman–Crippen LogP) is -0.862. The van der Waals surface area contributed by atoms with Crippen LogP contribution < -0.4 is 43.0 Å². The fourth-order valence-electron chi connectivity index (χ4n) is 6.38. The summed E-state index contributed by atoms with van der Waals surface area (Å²) in [5.41, 5.74) is 5.75. The standard InChI is InChI=1S/C39H69N9O10S4/c1-20(2)16-26(42-29(49)17-41-33(51)24(11-14-61-7)43-32(50)23(40)18-59)38(56)48-13-9-10-28(48)35(53)45-27(19-60)34(52)46-31(22(5)6)37(55)47-30(21(3)4)36(54)44-25(39(57)58)12-15-62-8/h20-28,30-31,59-60H,9-19,40H2,1-8H3,(H,41,51)(H,42,49)(H,43,50)(H,44,54)(H,45,53)(H,46,52)(H,47,55)(H,57,58). The molecule has 62 heavy (non-hydrogen) atoms. The van der Waals surface area contributed by atoms with Crippen LogP contribution in [-0.2, 0) is 43.2 Å². The summed E-state index contributed by atoms with van der Waals surface area (Å²) in [7, 11) is 0. The summed E-state index contributed by atoms with van der Waals surface area (Å²) in [4.78, 5) is 120. The van der Waals surface area contributed by atoms with Crippen molar-refractivity contribution in [1.82, 2.24) is 42.1 Å². The Bertz CT molecular complexity index is 1540. The van der Waals surface area contributed by atoms with Crippen molar-refractivity contribution < 1.29 is 48.3 Å². The van der Waals surface area contributed by atoms with E-state index >= 15 is 0 Å². The number of carboxylic acid groups (broad SMARTS) is 1. The van der Waals surface area contributed by atoms with Crippen LogP contribution in [0.15, 0.2) is 0 Å². The molecule has 0 bridgehead atoms. The van der Waals surface area contributed by atoms with Gasteiger partial charge in [-0.3, -0.25) is 38.4 Å². The van der Waals surface area contributed by atoms with E-state index in [1.807, 2.05) is 26.4 Å². The predicted molar refractivity (Wildman–Crippen MR) is 248 cm³/mol. The molecule has 354 valence electrons. The first-order valence-corrected chi connectivity index (χ1v) is 24.8. The van der Waals surface area contributed by atoms with Crippen molar-refractivity contribution >= 4 is 102 Å². The number of nitrogens with one attached hydrogen (secondary N) is 7. The van der Waals surface area contributed by atoms with Crippen LogP contribution in [0.5, 0.6) is 0 Å². The molecule has 1 fully saturated rings. The number of rotatable bonds is 28. The monoisotopic (exact) mass is 951 g/mol. The molecule has 1 saturated heterocycles. The summed E-state index contributed by atoms with van der Waals surface area (Å²) < 4.78 is 0. The highest BCUT2D eigenvalue weighted by Crippen LogP contribution is 2.21. The Morgan fingerprint density at radius 2 is 1.21 bits per heavy atom. The maximum Gasteiger partial charge on any atom is 0.326 e. The Morgan fingerprint density at radius 3 is 1.71 bits per heavy atom. The van der Waals surface area contributed by atoms with E-state index in [9.17, 15) is 48.3 Å². The van der Waals surface area contributed by atoms with Crippen LogP contribution in [0.2, 0.25) is 0 Å². The van der Waals surface area contributed by atoms with Gasteiger partial charge in [-0.1, -0.05) is 41.5 Å². The first kappa shape index (κ1) is 56.6. The third-order valence-corrected chi connectivity index (χ3v) is 12.0. The van der Waals surface area contributed by atoms with E-state index in [2.05, 4.69) is 62.5 Å². The van der Waals surface area contributed by atoms with E-state index in [-0.39, 0.29) is 49.7 Å². The Balaban J connectivity index is 3.07. The summed E-state index contributed by atoms with van der Waals surface area (Å²) in [6.45, 7) is 10.2. The van der Waals surface area contributed by atoms with Gasteiger partial charge >= 0.3 is 5.97 Å². The van der Waals surface area contributed by atoms with E-state index < -0.39 is 120 Å². The molecule has 1 rings (SSSR count). The average molecular weight is 952 g/mol. The van der Waals surface area contributed by atoms with Crippen LogP contribution in [0.4, 0.5) is 0 Å². The summed E-state index contributed by atoms with van der Waals surface area (Å²) in [6, 6.07) is -8.58. The van der Waals surface area contributed by atoms with Gasteiger partial charge in [0.1, 0.15) is 42.3 Å². The van der Waals surface area contributed by atoms with Gasteiger partial charge < -0.3 is 53.0 Å². The molecule has 0 aromatic rings. The fraction of sp³-hybridized carbons (Fsp3) is 0.769. The lowest BCUT2D eigenvalue weighted by molar-refractivity contribution is -0.143. The van der Waals surface area contributed by atoms with Crippen molar-refractivity contribution in [2.75, 3.05) is 48.6 Å². The van der Waals surface area contributed by atoms with Gasteiger partial charge in [0, 0.05) is 18.1 Å². The van der Waals surface area contributed by atoms with Gasteiger partial charge in [-0.15, -0.1) is 0 Å². The molecule has 1 aliphatic heterocycles. The minimum Gasteiger partial charge on any atom is -0.480 e. The number of hydrogen-bond donors (Lipinski definition) is 11. The summed E-state index contributed by atoms with van der Waals surface area (Å²) in [5.74, 6) is -6.34. The van der Waals surface area contributed by atoms with Gasteiger partial charge in [0.05, 0.1) is 12.6 Å². The summed E-state index contributed by atoms with van der Waals surface area (Å²) in [6.07, 6.45) is 5.07. The van der Waals surface area contributed by atoms with E-state index in [1.54, 1.807) is 27.7 Å². The minimum atomic E-state index is -1.23. The molecule has 10 N–H and O–H groups in total. The number of hydrogen-bond acceptors (Lipinski definition) is 14. The molecular weight excluding hydrogens is 883 g/mol. The van der Waals surface area contributed by atoms with Crippen molar-refractivity contribution in [2.24, 2.45) is 23.5 Å². The second-order valence-electron chi connectivity index (χ2n) is 16.2. The van der Waals surface area contributed by atoms with Crippen LogP contribution in [0.1, 0.15) is 73.6 Å². The third kappa shape index (κ3) is 19.1. The second kappa shape index (κ2) is 29.1. The van der Waals surface area contributed by atoms with Crippen molar-refractivity contribution in [3.63, 3.8) is 0 Å². The number of aliphatic carboxylic acids is 1. The number of carbonyl (C=O) groups is 9. The lowest BCUT2D eigenvalue weighted by atomic mass is 9.99. The zero-order valence-electron chi connectivity index (χ0n) is 37.0. The molecule has 0 aromatic carbocycles. The zero-order valence-corrected chi connectivity index (χ0v) is 40.4. The normalized spacial score (nSPS) is 17.2. The van der Waals surface area contributed by atoms with Crippen molar-refractivity contribution in [1.29, 1.82) is 0 Å². The molecule has 0 spiro atoms. The first-order valence-electron chi connectivity index (χ1n) is 20.7. The molecule has 1 aliphatic rings. The molecule has 8 amide bonds. The molecule has 19 nitrogen and oxygen atoms in total. The molecule has 8 unspecified atom stereocenters. The lowest BCUT2D eigenvalue weighted by Gasteiger charge is -2.31. The van der Waals surface area contributed by atoms with Crippen molar-refractivity contribution in [3.05, 3.63) is 0 Å². The Labute approximate surface area is 384 Å². The molecule has 8 atom stereocenters. The number of thioether (sulfide) groups is 2. The molecule has 0 aliphatic carbocycles. The maximum atomic E-state index is 14.0. The maximum absolute atomic E-state index is 14.0. The van der Waals surface area contributed by atoms with E-state index in [0.717, 1.165) is 0 Å². The highest BCUT2D eigenvalue weighted by atomic mass is 32.2. The largest absolute Gasteiger partial charge is 0.480 e. The molecule has 0 radical (unpaired) electrons. The van der Waals surface area contributed by atoms with E-state index in [0.29, 0.717) is 17.9 Å². The summed E-state index contributed by atoms with van der Waals surface area (Å²) in [5, 5.41) is 27.8. The third-order valence-electron chi connectivity index (χ3n) is 9.91. The number of nitrogens with two attached hydrogens (primary N) is 1. The van der Waals surface area contributed by atoms with Gasteiger partial charge in [-0.25, -0.2) is 4.79 Å². The molecular formula is C39H69N9O10S4. The number of thiol groups is 2. The average Bonchev–Trinajstić information content (AvgIpc) is 3.71. The van der Waals surface area contributed by atoms with Gasteiger partial charge in [0.25, 0.3) is 0 Å². The van der Waals surface area contributed by atoms with Gasteiger partial charge in [0.15, 0.2) is 0 Å². The smallest absolute Gasteiger partial charge is 0.326 e. The zero-order chi connectivity index (χ0) is 47.3. The molecule has 0 saturated carbocycles. The first-order chi connectivity index (χ1) is 29.1. The second-order valence-corrected chi connectivity index (χ2v) is 18.9. The SMILES string of the molecule is CSCCC(NC(=O)C(NC(=O)C(NC(=O)C(CS)NC(=O)C1CCCN1C(=O)C(CC(C)C)NC(=O)CNC(=O)C(CCSC)NC(=O)C(N)CS)C(C)C)C(C)C)C(=O)O. The number of carbonyl (C=O) groups excluding carboxylic acids is 8. The minimum absolute atomic E-state index is 0.0592. The van der Waals surface area contributed by atoms with Crippen LogP contribution >= 0.6 is 48.8 Å². The highest BCUT2D eigenvalue weighted by Gasteiger charge is 2.40. The van der Waals surface area contributed by atoms with Gasteiger partial charge in [0.2, 0.25) is 47.3 Å². The van der Waals surface area contributed by atoms with Gasteiger partial charge in [-0.05, 0) is 73.9 Å². The number of carboxylic acids is 1. The highest BCUT2D eigenvalue weighted by molar-refractivity contribution is 7.98. The summed E-state index contributed by atoms with van der Waals surface area (Å²) >= 11 is 11.2. The topological polar surface area (TPSA) is 287 Å². The molecule has 1 heterocycles. The number of amides is 8. The Hall–Kier alpha value is -3.41. The van der Waals surface area contributed by atoms with Crippen LogP contribution in [0.3, 0.4) is 0 Å². The number of likely N-dealkylation sites (tertiary alicyclic amines) is 1. The Kier molecular flexibility index (Phi) is 26.6. The number of nitrogens with zero attached hydrogens (tertiary/aromatic N) is 1. The lowest BCUT2D eigenvalue weighted by Crippen LogP contribution is -2.61.